The van der Waals surface area contributed by atoms with Crippen LogP contribution in [0.5, 0.6) is 5.75 Å². The maximum absolute atomic E-state index is 12.8. The Bertz CT molecular complexity index is 939. The molecule has 1 heterocycles. The first-order chi connectivity index (χ1) is 12.6. The second-order valence-corrected chi connectivity index (χ2v) is 7.10. The molecule has 2 aromatic carbocycles. The molecule has 1 amide bonds. The molecule has 1 aromatic heterocycles. The number of ether oxygens (including phenoxy) is 1. The van der Waals surface area contributed by atoms with Crippen molar-refractivity contribution >= 4 is 16.9 Å². The molecule has 4 heteroatoms. The van der Waals surface area contributed by atoms with E-state index < -0.39 is 0 Å². The van der Waals surface area contributed by atoms with Gasteiger partial charge in [0.05, 0.1) is 7.11 Å². The van der Waals surface area contributed by atoms with E-state index in [0.717, 1.165) is 29.5 Å². The van der Waals surface area contributed by atoms with Crippen LogP contribution in [0.4, 0.5) is 0 Å². The second kappa shape index (κ2) is 6.52. The Labute approximate surface area is 153 Å². The molecule has 3 aromatic rings. The molecular formula is C22H23NO3. The van der Waals surface area contributed by atoms with Crippen LogP contribution < -0.4 is 10.1 Å². The zero-order chi connectivity index (χ0) is 18.1. The van der Waals surface area contributed by atoms with Gasteiger partial charge in [-0.25, -0.2) is 0 Å². The third-order valence-electron chi connectivity index (χ3n) is 5.63. The fraction of sp³-hybridized carbons (Fsp3) is 0.318. The van der Waals surface area contributed by atoms with E-state index in [4.69, 9.17) is 9.15 Å². The van der Waals surface area contributed by atoms with E-state index in [1.165, 1.54) is 12.0 Å². The Morgan fingerprint density at radius 2 is 1.96 bits per heavy atom. The van der Waals surface area contributed by atoms with Gasteiger partial charge in [-0.05, 0) is 43.5 Å². The summed E-state index contributed by atoms with van der Waals surface area (Å²) in [7, 11) is 1.63. The zero-order valence-corrected chi connectivity index (χ0v) is 15.2. The number of amides is 1. The zero-order valence-electron chi connectivity index (χ0n) is 15.2. The standard InChI is InChI=1S/C22H23NO3/c1-15-18-13-17(25-2)9-10-19(18)26-20(15)21(24)23-14-22(11-6-12-22)16-7-4-3-5-8-16/h3-5,7-10,13H,6,11-12,14H2,1-2H3,(H,23,24). The van der Waals surface area contributed by atoms with Crippen LogP contribution in [0, 0.1) is 6.92 Å². The summed E-state index contributed by atoms with van der Waals surface area (Å²) in [6.45, 7) is 2.55. The van der Waals surface area contributed by atoms with E-state index >= 15 is 0 Å². The summed E-state index contributed by atoms with van der Waals surface area (Å²) in [6.07, 6.45) is 3.41. The Balaban J connectivity index is 1.55. The predicted octanol–water partition coefficient (Wildman–Crippen LogP) is 4.60. The van der Waals surface area contributed by atoms with E-state index in [0.29, 0.717) is 17.9 Å². The number of furan rings is 1. The van der Waals surface area contributed by atoms with Crippen molar-refractivity contribution in [2.75, 3.05) is 13.7 Å². The van der Waals surface area contributed by atoms with E-state index in [2.05, 4.69) is 29.6 Å². The second-order valence-electron chi connectivity index (χ2n) is 7.10. The highest BCUT2D eigenvalue weighted by Gasteiger charge is 2.39. The number of carbonyl (C=O) groups is 1. The van der Waals surface area contributed by atoms with Crippen molar-refractivity contribution in [1.29, 1.82) is 0 Å². The first kappa shape index (κ1) is 16.7. The quantitative estimate of drug-likeness (QED) is 0.732. The molecule has 4 rings (SSSR count). The summed E-state index contributed by atoms with van der Waals surface area (Å²) < 4.78 is 11.1. The number of benzene rings is 2. The molecule has 0 bridgehead atoms. The lowest BCUT2D eigenvalue weighted by Gasteiger charge is -2.42. The van der Waals surface area contributed by atoms with E-state index in [1.807, 2.05) is 31.2 Å². The molecule has 1 aliphatic rings. The highest BCUT2D eigenvalue weighted by atomic mass is 16.5. The van der Waals surface area contributed by atoms with Gasteiger partial charge < -0.3 is 14.5 Å². The number of methoxy groups -OCH3 is 1. The number of nitrogens with one attached hydrogen (secondary N) is 1. The van der Waals surface area contributed by atoms with Gasteiger partial charge in [-0.3, -0.25) is 4.79 Å². The normalized spacial score (nSPS) is 15.5. The Hall–Kier alpha value is -2.75. The molecule has 1 fully saturated rings. The van der Waals surface area contributed by atoms with Crippen LogP contribution in [0.1, 0.15) is 40.9 Å². The van der Waals surface area contributed by atoms with E-state index in [-0.39, 0.29) is 11.3 Å². The van der Waals surface area contributed by atoms with Crippen LogP contribution in [0.3, 0.4) is 0 Å². The summed E-state index contributed by atoms with van der Waals surface area (Å²) in [5, 5.41) is 4.02. The molecule has 0 radical (unpaired) electrons. The lowest BCUT2D eigenvalue weighted by Crippen LogP contribution is -2.45. The van der Waals surface area contributed by atoms with Gasteiger partial charge in [0.25, 0.3) is 5.91 Å². The fourth-order valence-electron chi connectivity index (χ4n) is 3.84. The minimum Gasteiger partial charge on any atom is -0.497 e. The van der Waals surface area contributed by atoms with Gasteiger partial charge in [-0.15, -0.1) is 0 Å². The summed E-state index contributed by atoms with van der Waals surface area (Å²) in [4.78, 5) is 12.8. The van der Waals surface area contributed by atoms with Crippen molar-refractivity contribution in [2.24, 2.45) is 0 Å². The Kier molecular flexibility index (Phi) is 4.19. The van der Waals surface area contributed by atoms with E-state index in [1.54, 1.807) is 7.11 Å². The van der Waals surface area contributed by atoms with Gasteiger partial charge in [-0.1, -0.05) is 36.8 Å². The average molecular weight is 349 g/mol. The topological polar surface area (TPSA) is 51.5 Å². The highest BCUT2D eigenvalue weighted by molar-refractivity contribution is 5.99. The van der Waals surface area contributed by atoms with Crippen molar-refractivity contribution in [3.8, 4) is 5.75 Å². The van der Waals surface area contributed by atoms with Crippen molar-refractivity contribution < 1.29 is 13.9 Å². The molecule has 0 spiro atoms. The van der Waals surface area contributed by atoms with Crippen molar-refractivity contribution in [3.05, 3.63) is 65.4 Å². The maximum atomic E-state index is 12.8. The van der Waals surface area contributed by atoms with Gasteiger partial charge >= 0.3 is 0 Å². The van der Waals surface area contributed by atoms with Gasteiger partial charge in [0.15, 0.2) is 5.76 Å². The molecule has 0 unspecified atom stereocenters. The highest BCUT2D eigenvalue weighted by Crippen LogP contribution is 2.43. The molecule has 1 saturated carbocycles. The molecule has 0 atom stereocenters. The summed E-state index contributed by atoms with van der Waals surface area (Å²) in [5.41, 5.74) is 2.91. The third-order valence-corrected chi connectivity index (χ3v) is 5.63. The summed E-state index contributed by atoms with van der Waals surface area (Å²) in [5.74, 6) is 0.988. The number of aryl methyl sites for hydroxylation is 1. The molecule has 1 aliphatic carbocycles. The number of hydrogen-bond acceptors (Lipinski definition) is 3. The summed E-state index contributed by atoms with van der Waals surface area (Å²) in [6, 6.07) is 16.1. The molecule has 1 N–H and O–H groups in total. The van der Waals surface area contributed by atoms with Crippen LogP contribution in [0.25, 0.3) is 11.0 Å². The minimum atomic E-state index is -0.153. The maximum Gasteiger partial charge on any atom is 0.287 e. The van der Waals surface area contributed by atoms with Gasteiger partial charge in [-0.2, -0.15) is 0 Å². The summed E-state index contributed by atoms with van der Waals surface area (Å²) >= 11 is 0. The number of hydrogen-bond donors (Lipinski definition) is 1. The van der Waals surface area contributed by atoms with Crippen molar-refractivity contribution in [2.45, 2.75) is 31.6 Å². The Morgan fingerprint density at radius 1 is 1.19 bits per heavy atom. The van der Waals surface area contributed by atoms with Crippen LogP contribution in [0.2, 0.25) is 0 Å². The first-order valence-corrected chi connectivity index (χ1v) is 9.04. The molecule has 4 nitrogen and oxygen atoms in total. The first-order valence-electron chi connectivity index (χ1n) is 9.04. The molecule has 0 aliphatic heterocycles. The van der Waals surface area contributed by atoms with Gasteiger partial charge in [0, 0.05) is 22.9 Å². The third kappa shape index (κ3) is 2.75. The molecule has 134 valence electrons. The monoisotopic (exact) mass is 349 g/mol. The largest absolute Gasteiger partial charge is 0.497 e. The minimum absolute atomic E-state index is 0.0556. The fourth-order valence-corrected chi connectivity index (χ4v) is 3.84. The lowest BCUT2D eigenvalue weighted by atomic mass is 9.64. The molecule has 0 saturated heterocycles. The smallest absolute Gasteiger partial charge is 0.287 e. The van der Waals surface area contributed by atoms with Crippen LogP contribution in [-0.4, -0.2) is 19.6 Å². The van der Waals surface area contributed by atoms with Crippen LogP contribution in [0.15, 0.2) is 52.9 Å². The van der Waals surface area contributed by atoms with Gasteiger partial charge in [0.1, 0.15) is 11.3 Å². The van der Waals surface area contributed by atoms with E-state index in [9.17, 15) is 4.79 Å². The Morgan fingerprint density at radius 3 is 2.62 bits per heavy atom. The number of carbonyl (C=O) groups excluding carboxylic acids is 1. The van der Waals surface area contributed by atoms with Crippen molar-refractivity contribution in [1.82, 2.24) is 5.32 Å². The van der Waals surface area contributed by atoms with Crippen LogP contribution >= 0.6 is 0 Å². The van der Waals surface area contributed by atoms with Gasteiger partial charge in [0.2, 0.25) is 0 Å². The molecule has 26 heavy (non-hydrogen) atoms. The molecular weight excluding hydrogens is 326 g/mol. The number of fused-ring (bicyclic) bond motifs is 1. The lowest BCUT2D eigenvalue weighted by molar-refractivity contribution is 0.0901. The number of rotatable bonds is 5. The SMILES string of the molecule is COc1ccc2oc(C(=O)NCC3(c4ccccc4)CCC3)c(C)c2c1. The van der Waals surface area contributed by atoms with Crippen molar-refractivity contribution in [3.63, 3.8) is 0 Å². The van der Waals surface area contributed by atoms with Crippen LogP contribution in [-0.2, 0) is 5.41 Å². The predicted molar refractivity (Wildman–Crippen MR) is 102 cm³/mol. The average Bonchev–Trinajstić information content (AvgIpc) is 2.98.